The summed E-state index contributed by atoms with van der Waals surface area (Å²) in [7, 11) is -1.11. The van der Waals surface area contributed by atoms with Gasteiger partial charge in [0.05, 0.1) is 12.5 Å². The third kappa shape index (κ3) is 4.66. The lowest BCUT2D eigenvalue weighted by Gasteiger charge is -2.12. The van der Waals surface area contributed by atoms with Crippen molar-refractivity contribution in [1.82, 2.24) is 0 Å². The monoisotopic (exact) mass is 337 g/mol. The molecule has 0 bridgehead atoms. The van der Waals surface area contributed by atoms with Crippen molar-refractivity contribution >= 4 is 34.0 Å². The Morgan fingerprint density at radius 3 is 2.59 bits per heavy atom. The number of nitrogens with one attached hydrogen (secondary N) is 1. The summed E-state index contributed by atoms with van der Waals surface area (Å²) in [5.41, 5.74) is 1.18. The molecule has 0 aliphatic heterocycles. The molecule has 1 amide bonds. The Bertz CT molecular complexity index is 688. The number of amides is 1. The van der Waals surface area contributed by atoms with Gasteiger partial charge < -0.3 is 10.4 Å². The molecule has 2 unspecified atom stereocenters. The first-order valence-corrected chi connectivity index (χ1v) is 8.56. The van der Waals surface area contributed by atoms with E-state index in [1.807, 2.05) is 0 Å². The fourth-order valence-corrected chi connectivity index (χ4v) is 2.63. The molecule has 0 spiro atoms. The molecular formula is C16H16ClNO3S. The summed E-state index contributed by atoms with van der Waals surface area (Å²) >= 11 is 5.78. The van der Waals surface area contributed by atoms with Crippen LogP contribution in [0.15, 0.2) is 53.4 Å². The van der Waals surface area contributed by atoms with E-state index < -0.39 is 16.9 Å². The summed E-state index contributed by atoms with van der Waals surface area (Å²) in [5, 5.41) is 13.3. The second kappa shape index (κ2) is 7.54. The van der Waals surface area contributed by atoms with Gasteiger partial charge in [-0.25, -0.2) is 0 Å². The van der Waals surface area contributed by atoms with E-state index in [0.29, 0.717) is 21.2 Å². The highest BCUT2D eigenvalue weighted by Crippen LogP contribution is 2.20. The highest BCUT2D eigenvalue weighted by molar-refractivity contribution is 7.84. The van der Waals surface area contributed by atoms with Gasteiger partial charge in [-0.1, -0.05) is 29.8 Å². The van der Waals surface area contributed by atoms with Gasteiger partial charge in [0.1, 0.15) is 0 Å². The van der Waals surface area contributed by atoms with Gasteiger partial charge in [-0.05, 0) is 35.9 Å². The lowest BCUT2D eigenvalue weighted by Crippen LogP contribution is -2.15. The maximum Gasteiger partial charge on any atom is 0.227 e. The minimum absolute atomic E-state index is 0.0684. The zero-order valence-corrected chi connectivity index (χ0v) is 13.5. The number of halogens is 1. The quantitative estimate of drug-likeness (QED) is 0.880. The molecule has 6 heteroatoms. The van der Waals surface area contributed by atoms with Gasteiger partial charge >= 0.3 is 0 Å². The normalized spacial score (nSPS) is 13.4. The number of carbonyl (C=O) groups is 1. The summed E-state index contributed by atoms with van der Waals surface area (Å²) in [6.45, 7) is 0. The molecule has 0 fully saturated rings. The third-order valence-corrected chi connectivity index (χ3v) is 4.25. The molecule has 0 saturated heterocycles. The van der Waals surface area contributed by atoms with E-state index in [2.05, 4.69) is 5.32 Å². The Labute approximate surface area is 136 Å². The van der Waals surface area contributed by atoms with Crippen LogP contribution >= 0.6 is 11.6 Å². The summed E-state index contributed by atoms with van der Waals surface area (Å²) in [6, 6.07) is 13.5. The van der Waals surface area contributed by atoms with Crippen LogP contribution in [0.4, 0.5) is 5.69 Å². The summed E-state index contributed by atoms with van der Waals surface area (Å²) in [5.74, 6) is -0.318. The van der Waals surface area contributed by atoms with Crippen LogP contribution in [-0.4, -0.2) is 21.5 Å². The summed E-state index contributed by atoms with van der Waals surface area (Å²) in [6.07, 6.45) is 0.604. The first-order chi connectivity index (χ1) is 10.5. The second-order valence-corrected chi connectivity index (χ2v) is 6.62. The highest BCUT2D eigenvalue weighted by atomic mass is 35.5. The number of hydrogen-bond acceptors (Lipinski definition) is 3. The van der Waals surface area contributed by atoms with Gasteiger partial charge in [-0.3, -0.25) is 9.00 Å². The maximum atomic E-state index is 12.0. The van der Waals surface area contributed by atoms with Crippen molar-refractivity contribution in [3.05, 3.63) is 59.1 Å². The Morgan fingerprint density at radius 2 is 1.95 bits per heavy atom. The van der Waals surface area contributed by atoms with Gasteiger partial charge in [0.25, 0.3) is 0 Å². The van der Waals surface area contributed by atoms with Crippen molar-refractivity contribution in [2.24, 2.45) is 0 Å². The Kier molecular flexibility index (Phi) is 5.71. The Morgan fingerprint density at radius 1 is 1.27 bits per heavy atom. The van der Waals surface area contributed by atoms with Crippen molar-refractivity contribution in [2.45, 2.75) is 17.4 Å². The van der Waals surface area contributed by atoms with E-state index in [4.69, 9.17) is 11.6 Å². The van der Waals surface area contributed by atoms with Crippen LogP contribution < -0.4 is 5.32 Å². The molecular weight excluding hydrogens is 322 g/mol. The third-order valence-electron chi connectivity index (χ3n) is 3.08. The fraction of sp³-hybridized carbons (Fsp3) is 0.188. The zero-order valence-electron chi connectivity index (χ0n) is 12.0. The number of carbonyl (C=O) groups excluding carboxylic acids is 1. The predicted molar refractivity (Wildman–Crippen MR) is 88.4 cm³/mol. The van der Waals surface area contributed by atoms with Crippen molar-refractivity contribution < 1.29 is 14.1 Å². The number of aliphatic hydroxyl groups excluding tert-OH is 1. The molecule has 0 saturated carbocycles. The minimum Gasteiger partial charge on any atom is -0.388 e. The number of aliphatic hydroxyl groups is 1. The highest BCUT2D eigenvalue weighted by Gasteiger charge is 2.13. The molecule has 0 aromatic heterocycles. The van der Waals surface area contributed by atoms with E-state index in [0.717, 1.165) is 0 Å². The molecule has 2 atom stereocenters. The van der Waals surface area contributed by atoms with Crippen LogP contribution in [-0.2, 0) is 15.6 Å². The standard InChI is InChI=1S/C16H16ClNO3S/c1-22(21)14-4-2-3-13(9-14)18-16(20)10-15(19)11-5-7-12(17)8-6-11/h2-9,15,19H,10H2,1H3,(H,18,20). The van der Waals surface area contributed by atoms with Gasteiger partial charge in [0, 0.05) is 32.7 Å². The van der Waals surface area contributed by atoms with E-state index in [1.165, 1.54) is 0 Å². The molecule has 2 aromatic carbocycles. The molecule has 0 radical (unpaired) electrons. The molecule has 2 rings (SSSR count). The molecule has 22 heavy (non-hydrogen) atoms. The van der Waals surface area contributed by atoms with Crippen molar-refractivity contribution in [3.63, 3.8) is 0 Å². The molecule has 4 nitrogen and oxygen atoms in total. The Hall–Kier alpha value is -1.69. The number of anilines is 1. The second-order valence-electron chi connectivity index (χ2n) is 4.80. The topological polar surface area (TPSA) is 66.4 Å². The van der Waals surface area contributed by atoms with Crippen LogP contribution in [0.25, 0.3) is 0 Å². The summed E-state index contributed by atoms with van der Waals surface area (Å²) in [4.78, 5) is 12.6. The molecule has 0 aliphatic rings. The lowest BCUT2D eigenvalue weighted by atomic mass is 10.1. The number of rotatable bonds is 5. The molecule has 0 aliphatic carbocycles. The number of benzene rings is 2. The van der Waals surface area contributed by atoms with Gasteiger partial charge in [-0.2, -0.15) is 0 Å². The largest absolute Gasteiger partial charge is 0.388 e. The molecule has 116 valence electrons. The molecule has 0 heterocycles. The van der Waals surface area contributed by atoms with E-state index in [1.54, 1.807) is 54.8 Å². The van der Waals surface area contributed by atoms with Crippen LogP contribution in [0.3, 0.4) is 0 Å². The fourth-order valence-electron chi connectivity index (χ4n) is 1.94. The van der Waals surface area contributed by atoms with Crippen LogP contribution in [0.1, 0.15) is 18.1 Å². The summed E-state index contributed by atoms with van der Waals surface area (Å²) < 4.78 is 11.4. The zero-order chi connectivity index (χ0) is 16.1. The SMILES string of the molecule is CS(=O)c1cccc(NC(=O)CC(O)c2ccc(Cl)cc2)c1. The van der Waals surface area contributed by atoms with E-state index >= 15 is 0 Å². The van der Waals surface area contributed by atoms with Crippen LogP contribution in [0, 0.1) is 0 Å². The maximum absolute atomic E-state index is 12.0. The Balaban J connectivity index is 1.99. The van der Waals surface area contributed by atoms with Gasteiger partial charge in [0.15, 0.2) is 0 Å². The molecule has 2 N–H and O–H groups in total. The van der Waals surface area contributed by atoms with E-state index in [9.17, 15) is 14.1 Å². The first kappa shape index (κ1) is 16.7. The first-order valence-electron chi connectivity index (χ1n) is 6.62. The smallest absolute Gasteiger partial charge is 0.227 e. The predicted octanol–water partition coefficient (Wildman–Crippen LogP) is 3.14. The van der Waals surface area contributed by atoms with Crippen molar-refractivity contribution in [1.29, 1.82) is 0 Å². The minimum atomic E-state index is -1.11. The van der Waals surface area contributed by atoms with Gasteiger partial charge in [-0.15, -0.1) is 0 Å². The average molecular weight is 338 g/mol. The van der Waals surface area contributed by atoms with Crippen LogP contribution in [0.5, 0.6) is 0 Å². The van der Waals surface area contributed by atoms with E-state index in [-0.39, 0.29) is 12.3 Å². The van der Waals surface area contributed by atoms with Crippen molar-refractivity contribution in [3.8, 4) is 0 Å². The lowest BCUT2D eigenvalue weighted by molar-refractivity contribution is -0.118. The van der Waals surface area contributed by atoms with Crippen molar-refractivity contribution in [2.75, 3.05) is 11.6 Å². The van der Waals surface area contributed by atoms with Gasteiger partial charge in [0.2, 0.25) is 5.91 Å². The molecule has 2 aromatic rings. The van der Waals surface area contributed by atoms with Crippen LogP contribution in [0.2, 0.25) is 5.02 Å². The number of hydrogen-bond donors (Lipinski definition) is 2. The average Bonchev–Trinajstić information content (AvgIpc) is 2.47.